The molecule has 0 amide bonds. The first-order chi connectivity index (χ1) is 14.7. The van der Waals surface area contributed by atoms with Crippen LogP contribution in [0.15, 0.2) is 53.5 Å². The number of piperidine rings is 1. The highest BCUT2D eigenvalue weighted by Crippen LogP contribution is 2.32. The lowest BCUT2D eigenvalue weighted by Crippen LogP contribution is -2.51. The summed E-state index contributed by atoms with van der Waals surface area (Å²) in [5.41, 5.74) is 2.50. The number of likely N-dealkylation sites (tertiary alicyclic amines) is 1. The first-order valence-corrected chi connectivity index (χ1v) is 10.9. The van der Waals surface area contributed by atoms with Gasteiger partial charge in [-0.25, -0.2) is 4.99 Å². The average Bonchev–Trinajstić information content (AvgIpc) is 3.23. The zero-order valence-electron chi connectivity index (χ0n) is 18.3. The number of nitrogens with zero attached hydrogens (tertiary/aromatic N) is 2. The van der Waals surface area contributed by atoms with Crippen molar-refractivity contribution >= 4 is 29.9 Å². The molecule has 2 aliphatic rings. The van der Waals surface area contributed by atoms with Crippen LogP contribution < -0.4 is 20.1 Å². The number of hydrogen-bond acceptors (Lipinski definition) is 4. The lowest BCUT2D eigenvalue weighted by Gasteiger charge is -2.38. The molecule has 0 radical (unpaired) electrons. The Kier molecular flexibility index (Phi) is 8.83. The van der Waals surface area contributed by atoms with E-state index in [1.54, 1.807) is 0 Å². The van der Waals surface area contributed by atoms with E-state index in [2.05, 4.69) is 59.7 Å². The van der Waals surface area contributed by atoms with E-state index < -0.39 is 0 Å². The van der Waals surface area contributed by atoms with Gasteiger partial charge in [0.1, 0.15) is 0 Å². The second kappa shape index (κ2) is 11.6. The van der Waals surface area contributed by atoms with Gasteiger partial charge < -0.3 is 20.1 Å². The molecule has 2 atom stereocenters. The van der Waals surface area contributed by atoms with E-state index in [1.807, 2.05) is 18.2 Å². The van der Waals surface area contributed by atoms with Gasteiger partial charge in [0.25, 0.3) is 0 Å². The Hall–Kier alpha value is -2.00. The highest BCUT2D eigenvalue weighted by Gasteiger charge is 2.26. The van der Waals surface area contributed by atoms with Crippen molar-refractivity contribution in [2.75, 3.05) is 19.9 Å². The predicted octanol–water partition coefficient (Wildman–Crippen LogP) is 4.14. The Labute approximate surface area is 202 Å². The van der Waals surface area contributed by atoms with Crippen LogP contribution >= 0.6 is 24.0 Å². The van der Waals surface area contributed by atoms with Crippen molar-refractivity contribution in [3.8, 4) is 11.5 Å². The van der Waals surface area contributed by atoms with Gasteiger partial charge in [0, 0.05) is 31.7 Å². The van der Waals surface area contributed by atoms with Gasteiger partial charge in [0.15, 0.2) is 17.5 Å². The Bertz CT molecular complexity index is 862. The summed E-state index contributed by atoms with van der Waals surface area (Å²) in [4.78, 5) is 7.37. The lowest BCUT2D eigenvalue weighted by atomic mass is 9.97. The molecule has 0 aliphatic carbocycles. The molecule has 4 rings (SSSR count). The quantitative estimate of drug-likeness (QED) is 0.330. The van der Waals surface area contributed by atoms with E-state index in [-0.39, 0.29) is 24.0 Å². The van der Waals surface area contributed by atoms with Crippen LogP contribution in [0.4, 0.5) is 0 Å². The molecule has 31 heavy (non-hydrogen) atoms. The SMILES string of the molecule is CCNC(=NCc1ccc2c(c1)OCO2)NC1CCN(Cc2ccccc2)C(C)C1.I. The van der Waals surface area contributed by atoms with Crippen molar-refractivity contribution in [2.45, 2.75) is 51.9 Å². The number of ether oxygens (including phenoxy) is 2. The van der Waals surface area contributed by atoms with Crippen LogP contribution in [0.3, 0.4) is 0 Å². The van der Waals surface area contributed by atoms with Crippen LogP contribution in [0.1, 0.15) is 37.8 Å². The molecule has 6 nitrogen and oxygen atoms in total. The normalized spacial score (nSPS) is 20.8. The van der Waals surface area contributed by atoms with Crippen molar-refractivity contribution in [1.82, 2.24) is 15.5 Å². The number of halogens is 1. The number of rotatable bonds is 6. The lowest BCUT2D eigenvalue weighted by molar-refractivity contribution is 0.134. The molecule has 0 bridgehead atoms. The first kappa shape index (κ1) is 23.7. The number of hydrogen-bond donors (Lipinski definition) is 2. The number of guanidine groups is 1. The fourth-order valence-corrected chi connectivity index (χ4v) is 4.13. The van der Waals surface area contributed by atoms with Crippen molar-refractivity contribution in [3.63, 3.8) is 0 Å². The van der Waals surface area contributed by atoms with Gasteiger partial charge in [0.05, 0.1) is 6.54 Å². The van der Waals surface area contributed by atoms with Gasteiger partial charge in [0.2, 0.25) is 6.79 Å². The van der Waals surface area contributed by atoms with E-state index in [9.17, 15) is 0 Å². The molecule has 0 saturated carbocycles. The molecule has 2 aliphatic heterocycles. The van der Waals surface area contributed by atoms with Crippen molar-refractivity contribution in [3.05, 3.63) is 59.7 Å². The minimum atomic E-state index is 0. The zero-order chi connectivity index (χ0) is 20.8. The molecule has 2 heterocycles. The number of benzene rings is 2. The predicted molar refractivity (Wildman–Crippen MR) is 135 cm³/mol. The molecule has 7 heteroatoms. The van der Waals surface area contributed by atoms with E-state index in [4.69, 9.17) is 14.5 Å². The average molecular weight is 536 g/mol. The van der Waals surface area contributed by atoms with E-state index in [1.165, 1.54) is 5.56 Å². The second-order valence-electron chi connectivity index (χ2n) is 8.05. The number of aliphatic imine (C=N–C) groups is 1. The van der Waals surface area contributed by atoms with Crippen molar-refractivity contribution in [2.24, 2.45) is 4.99 Å². The highest BCUT2D eigenvalue weighted by molar-refractivity contribution is 14.0. The van der Waals surface area contributed by atoms with Crippen LogP contribution in [0.2, 0.25) is 0 Å². The van der Waals surface area contributed by atoms with Crippen molar-refractivity contribution in [1.29, 1.82) is 0 Å². The third kappa shape index (κ3) is 6.49. The molecule has 2 N–H and O–H groups in total. The topological polar surface area (TPSA) is 58.1 Å². The molecule has 1 fully saturated rings. The number of nitrogens with one attached hydrogen (secondary N) is 2. The molecule has 1 saturated heterocycles. The highest BCUT2D eigenvalue weighted by atomic mass is 127. The van der Waals surface area contributed by atoms with E-state index >= 15 is 0 Å². The standard InChI is InChI=1S/C24H32N4O2.HI/c1-3-25-24(26-15-20-9-10-22-23(14-20)30-17-29-22)27-21-11-12-28(18(2)13-21)16-19-7-5-4-6-8-19;/h4-10,14,18,21H,3,11-13,15-17H2,1-2H3,(H2,25,26,27);1H. The molecule has 0 aromatic heterocycles. The van der Waals surface area contributed by atoms with Crippen LogP contribution in [0.5, 0.6) is 11.5 Å². The summed E-state index contributed by atoms with van der Waals surface area (Å²) in [5.74, 6) is 2.49. The Morgan fingerprint density at radius 3 is 2.68 bits per heavy atom. The summed E-state index contributed by atoms with van der Waals surface area (Å²) in [6.07, 6.45) is 2.23. The van der Waals surface area contributed by atoms with Crippen molar-refractivity contribution < 1.29 is 9.47 Å². The monoisotopic (exact) mass is 536 g/mol. The maximum absolute atomic E-state index is 5.47. The van der Waals surface area contributed by atoms with E-state index in [0.717, 1.165) is 55.5 Å². The number of fused-ring (bicyclic) bond motifs is 1. The minimum Gasteiger partial charge on any atom is -0.454 e. The fraction of sp³-hybridized carbons (Fsp3) is 0.458. The third-order valence-corrected chi connectivity index (χ3v) is 5.78. The van der Waals surface area contributed by atoms with Gasteiger partial charge in [-0.3, -0.25) is 4.90 Å². The summed E-state index contributed by atoms with van der Waals surface area (Å²) >= 11 is 0. The molecule has 2 aromatic rings. The third-order valence-electron chi connectivity index (χ3n) is 5.78. The summed E-state index contributed by atoms with van der Waals surface area (Å²) in [5, 5.41) is 7.04. The molecular weight excluding hydrogens is 503 g/mol. The summed E-state index contributed by atoms with van der Waals surface area (Å²) in [6, 6.07) is 17.7. The Morgan fingerprint density at radius 1 is 1.10 bits per heavy atom. The van der Waals surface area contributed by atoms with Crippen LogP contribution in [0.25, 0.3) is 0 Å². The van der Waals surface area contributed by atoms with Gasteiger partial charge in [-0.15, -0.1) is 24.0 Å². The van der Waals surface area contributed by atoms with Gasteiger partial charge in [-0.05, 0) is 49.9 Å². The maximum Gasteiger partial charge on any atom is 0.231 e. The van der Waals surface area contributed by atoms with Crippen LogP contribution in [-0.2, 0) is 13.1 Å². The van der Waals surface area contributed by atoms with Gasteiger partial charge in [-0.2, -0.15) is 0 Å². The summed E-state index contributed by atoms with van der Waals surface area (Å²) in [6.45, 7) is 8.29. The van der Waals surface area contributed by atoms with Gasteiger partial charge in [-0.1, -0.05) is 36.4 Å². The Balaban J connectivity index is 0.00000272. The van der Waals surface area contributed by atoms with Crippen LogP contribution in [0, 0.1) is 0 Å². The molecule has 2 aromatic carbocycles. The summed E-state index contributed by atoms with van der Waals surface area (Å²) in [7, 11) is 0. The summed E-state index contributed by atoms with van der Waals surface area (Å²) < 4.78 is 10.9. The van der Waals surface area contributed by atoms with Gasteiger partial charge >= 0.3 is 0 Å². The molecule has 168 valence electrons. The van der Waals surface area contributed by atoms with E-state index in [0.29, 0.717) is 25.4 Å². The smallest absolute Gasteiger partial charge is 0.231 e. The fourth-order valence-electron chi connectivity index (χ4n) is 4.13. The largest absolute Gasteiger partial charge is 0.454 e. The Morgan fingerprint density at radius 2 is 1.90 bits per heavy atom. The minimum absolute atomic E-state index is 0. The first-order valence-electron chi connectivity index (χ1n) is 10.9. The molecule has 2 unspecified atom stereocenters. The zero-order valence-corrected chi connectivity index (χ0v) is 20.7. The maximum atomic E-state index is 5.47. The van der Waals surface area contributed by atoms with Crippen LogP contribution in [-0.4, -0.2) is 42.8 Å². The second-order valence-corrected chi connectivity index (χ2v) is 8.05. The molecule has 0 spiro atoms. The molecular formula is C24H33IN4O2.